The zero-order valence-electron chi connectivity index (χ0n) is 20.1. The molecule has 184 valence electrons. The lowest BCUT2D eigenvalue weighted by molar-refractivity contribution is -0.138. The highest BCUT2D eigenvalue weighted by atomic mass is 32.2. The molecule has 2 aromatic carbocycles. The minimum absolute atomic E-state index is 0.0731. The van der Waals surface area contributed by atoms with Crippen molar-refractivity contribution in [3.8, 4) is 11.1 Å². The molecule has 0 unspecified atom stereocenters. The number of aliphatic carboxylic acids is 1. The van der Waals surface area contributed by atoms with Crippen molar-refractivity contribution in [2.24, 2.45) is 5.92 Å². The zero-order chi connectivity index (χ0) is 25.0. The van der Waals surface area contributed by atoms with Crippen LogP contribution in [0.1, 0.15) is 44.6 Å². The highest BCUT2D eigenvalue weighted by Gasteiger charge is 2.22. The van der Waals surface area contributed by atoms with Gasteiger partial charge < -0.3 is 10.4 Å². The standard InChI is InChI=1S/C29H33NO4S/c1-21(29(34)35-20-23-8-4-2-5-9-23)18-26(30-27(31)16-17-28(32)33)19-22-12-14-25(15-13-22)24-10-6-3-7-11-24/h3-4,6-15,21,26H,2,5,16-20H2,1H3,(H,30,31)(H,32,33)/t21-,26+/m1/s1. The Kier molecular flexibility index (Phi) is 10.4. The number of rotatable bonds is 12. The van der Waals surface area contributed by atoms with Gasteiger partial charge in [-0.1, -0.05) is 91.5 Å². The number of thioether (sulfide) groups is 1. The fourth-order valence-corrected chi connectivity index (χ4v) is 4.96. The second-order valence-corrected chi connectivity index (χ2v) is 9.91. The van der Waals surface area contributed by atoms with E-state index in [2.05, 4.69) is 47.8 Å². The van der Waals surface area contributed by atoms with Gasteiger partial charge in [0.2, 0.25) is 5.91 Å². The van der Waals surface area contributed by atoms with Crippen molar-refractivity contribution in [1.82, 2.24) is 5.32 Å². The summed E-state index contributed by atoms with van der Waals surface area (Å²) < 4.78 is 0. The molecule has 1 amide bonds. The monoisotopic (exact) mass is 491 g/mol. The third kappa shape index (κ3) is 9.21. The number of carbonyl (C=O) groups excluding carboxylic acids is 2. The largest absolute Gasteiger partial charge is 0.481 e. The highest BCUT2D eigenvalue weighted by molar-refractivity contribution is 8.13. The van der Waals surface area contributed by atoms with Gasteiger partial charge in [-0.05, 0) is 47.9 Å². The first-order valence-corrected chi connectivity index (χ1v) is 13.1. The Morgan fingerprint density at radius 2 is 1.69 bits per heavy atom. The van der Waals surface area contributed by atoms with E-state index >= 15 is 0 Å². The second-order valence-electron chi connectivity index (χ2n) is 8.93. The molecule has 6 heteroatoms. The van der Waals surface area contributed by atoms with Crippen LogP contribution in [0.4, 0.5) is 0 Å². The van der Waals surface area contributed by atoms with Crippen LogP contribution in [-0.4, -0.2) is 33.9 Å². The van der Waals surface area contributed by atoms with Gasteiger partial charge in [0.25, 0.3) is 0 Å². The number of amides is 1. The Hall–Kier alpha value is -3.12. The molecule has 2 atom stereocenters. The summed E-state index contributed by atoms with van der Waals surface area (Å²) in [5, 5.41) is 12.0. The number of allylic oxidation sites excluding steroid dienone is 3. The predicted octanol–water partition coefficient (Wildman–Crippen LogP) is 5.81. The van der Waals surface area contributed by atoms with Crippen LogP contribution in [-0.2, 0) is 20.8 Å². The van der Waals surface area contributed by atoms with Crippen molar-refractivity contribution >= 4 is 28.8 Å². The van der Waals surface area contributed by atoms with Crippen LogP contribution in [0.25, 0.3) is 11.1 Å². The Labute approximate surface area is 211 Å². The molecule has 0 fully saturated rings. The van der Waals surface area contributed by atoms with E-state index in [1.54, 1.807) is 0 Å². The Balaban J connectivity index is 1.62. The maximum atomic E-state index is 12.8. The van der Waals surface area contributed by atoms with Gasteiger partial charge in [0, 0.05) is 24.1 Å². The molecule has 3 rings (SSSR count). The number of hydrogen-bond acceptors (Lipinski definition) is 4. The van der Waals surface area contributed by atoms with Gasteiger partial charge in [0.15, 0.2) is 5.12 Å². The van der Waals surface area contributed by atoms with Crippen molar-refractivity contribution in [3.63, 3.8) is 0 Å². The van der Waals surface area contributed by atoms with Gasteiger partial charge in [-0.3, -0.25) is 14.4 Å². The average Bonchev–Trinajstić information content (AvgIpc) is 2.87. The molecular weight excluding hydrogens is 458 g/mol. The lowest BCUT2D eigenvalue weighted by Crippen LogP contribution is -2.38. The van der Waals surface area contributed by atoms with Crippen LogP contribution in [0.5, 0.6) is 0 Å². The van der Waals surface area contributed by atoms with Crippen LogP contribution in [0, 0.1) is 5.92 Å². The Morgan fingerprint density at radius 1 is 0.971 bits per heavy atom. The molecule has 0 spiro atoms. The first-order chi connectivity index (χ1) is 16.9. The highest BCUT2D eigenvalue weighted by Crippen LogP contribution is 2.23. The van der Waals surface area contributed by atoms with E-state index in [0.717, 1.165) is 29.5 Å². The van der Waals surface area contributed by atoms with E-state index in [1.807, 2.05) is 37.3 Å². The van der Waals surface area contributed by atoms with Gasteiger partial charge >= 0.3 is 5.97 Å². The first-order valence-electron chi connectivity index (χ1n) is 12.1. The topological polar surface area (TPSA) is 83.5 Å². The number of nitrogens with one attached hydrogen (secondary N) is 1. The summed E-state index contributed by atoms with van der Waals surface area (Å²) >= 11 is 1.32. The SMILES string of the molecule is C[C@H](C[C@@H](Cc1ccc(-c2ccccc2)cc1)NC(=O)CCC(=O)O)C(=O)SCC1=CCCC=C1. The molecule has 0 saturated heterocycles. The summed E-state index contributed by atoms with van der Waals surface area (Å²) in [6.07, 6.45) is 9.25. The quantitative estimate of drug-likeness (QED) is 0.392. The van der Waals surface area contributed by atoms with Crippen molar-refractivity contribution < 1.29 is 19.5 Å². The number of carboxylic acid groups (broad SMARTS) is 1. The summed E-state index contributed by atoms with van der Waals surface area (Å²) in [6.45, 7) is 1.90. The van der Waals surface area contributed by atoms with Gasteiger partial charge in [0.1, 0.15) is 0 Å². The minimum Gasteiger partial charge on any atom is -0.481 e. The molecule has 0 bridgehead atoms. The van der Waals surface area contributed by atoms with Crippen LogP contribution in [0.2, 0.25) is 0 Å². The molecule has 35 heavy (non-hydrogen) atoms. The molecule has 5 nitrogen and oxygen atoms in total. The lowest BCUT2D eigenvalue weighted by atomic mass is 9.95. The van der Waals surface area contributed by atoms with Gasteiger partial charge in [-0.15, -0.1) is 0 Å². The number of benzene rings is 2. The lowest BCUT2D eigenvalue weighted by Gasteiger charge is -2.22. The molecule has 0 heterocycles. The molecule has 0 aromatic heterocycles. The normalized spacial score (nSPS) is 14.6. The van der Waals surface area contributed by atoms with Crippen LogP contribution >= 0.6 is 11.8 Å². The fraction of sp³-hybridized carbons (Fsp3) is 0.345. The molecule has 2 N–H and O–H groups in total. The molecule has 1 aliphatic rings. The van der Waals surface area contributed by atoms with Crippen LogP contribution in [0.15, 0.2) is 78.4 Å². The first kappa shape index (κ1) is 26.5. The Bertz CT molecular complexity index is 1060. The van der Waals surface area contributed by atoms with Crippen molar-refractivity contribution in [3.05, 3.63) is 84.0 Å². The van der Waals surface area contributed by atoms with Gasteiger partial charge in [-0.25, -0.2) is 0 Å². The molecule has 0 radical (unpaired) electrons. The third-order valence-electron chi connectivity index (χ3n) is 5.97. The summed E-state index contributed by atoms with van der Waals surface area (Å²) in [6, 6.07) is 18.1. The smallest absolute Gasteiger partial charge is 0.303 e. The van der Waals surface area contributed by atoms with E-state index in [1.165, 1.54) is 17.3 Å². The van der Waals surface area contributed by atoms with Crippen molar-refractivity contribution in [2.45, 2.75) is 51.5 Å². The minimum atomic E-state index is -1.00. The number of carbonyl (C=O) groups is 3. The van der Waals surface area contributed by atoms with Gasteiger partial charge in [-0.2, -0.15) is 0 Å². The van der Waals surface area contributed by atoms with Gasteiger partial charge in [0.05, 0.1) is 6.42 Å². The zero-order valence-corrected chi connectivity index (χ0v) is 20.9. The number of carboxylic acids is 1. The van der Waals surface area contributed by atoms with E-state index in [9.17, 15) is 14.4 Å². The van der Waals surface area contributed by atoms with Crippen LogP contribution < -0.4 is 5.32 Å². The molecule has 2 aromatic rings. The Morgan fingerprint density at radius 3 is 2.34 bits per heavy atom. The third-order valence-corrected chi connectivity index (χ3v) is 7.13. The average molecular weight is 492 g/mol. The van der Waals surface area contributed by atoms with Crippen molar-refractivity contribution in [1.29, 1.82) is 0 Å². The molecule has 1 aliphatic carbocycles. The van der Waals surface area contributed by atoms with Crippen molar-refractivity contribution in [2.75, 3.05) is 5.75 Å². The summed E-state index contributed by atoms with van der Waals surface area (Å²) in [7, 11) is 0. The second kappa shape index (κ2) is 13.7. The molecular formula is C29H33NO4S. The maximum absolute atomic E-state index is 12.8. The number of hydrogen-bond donors (Lipinski definition) is 2. The summed E-state index contributed by atoms with van der Waals surface area (Å²) in [5.74, 6) is -0.875. The predicted molar refractivity (Wildman–Crippen MR) is 142 cm³/mol. The van der Waals surface area contributed by atoms with E-state index in [-0.39, 0.29) is 35.8 Å². The van der Waals surface area contributed by atoms with E-state index in [0.29, 0.717) is 18.6 Å². The van der Waals surface area contributed by atoms with E-state index in [4.69, 9.17) is 5.11 Å². The molecule has 0 aliphatic heterocycles. The molecule has 0 saturated carbocycles. The van der Waals surface area contributed by atoms with E-state index < -0.39 is 5.97 Å². The maximum Gasteiger partial charge on any atom is 0.303 e. The summed E-state index contributed by atoms with van der Waals surface area (Å²) in [4.78, 5) is 36.1. The summed E-state index contributed by atoms with van der Waals surface area (Å²) in [5.41, 5.74) is 4.48. The fourth-order valence-electron chi connectivity index (χ4n) is 4.06. The van der Waals surface area contributed by atoms with Crippen LogP contribution in [0.3, 0.4) is 0 Å².